The van der Waals surface area contributed by atoms with Gasteiger partial charge in [0, 0.05) is 0 Å². The maximum atomic E-state index is 13.0. The van der Waals surface area contributed by atoms with Crippen molar-refractivity contribution in [2.75, 3.05) is 0 Å². The molecule has 0 aliphatic heterocycles. The molecule has 0 aliphatic carbocycles. The first kappa shape index (κ1) is 15.6. The average molecular weight is 293 g/mol. The molecule has 1 atom stereocenters. The van der Waals surface area contributed by atoms with Crippen molar-refractivity contribution in [2.45, 2.75) is 32.0 Å². The highest BCUT2D eigenvalue weighted by molar-refractivity contribution is 5.39. The van der Waals surface area contributed by atoms with E-state index in [0.717, 1.165) is 11.6 Å². The minimum atomic E-state index is -4.40. The van der Waals surface area contributed by atoms with Crippen LogP contribution in [-0.4, -0.2) is 0 Å². The van der Waals surface area contributed by atoms with E-state index in [4.69, 9.17) is 5.73 Å². The number of alkyl halides is 3. The van der Waals surface area contributed by atoms with Gasteiger partial charge in [0.2, 0.25) is 0 Å². The van der Waals surface area contributed by atoms with E-state index in [1.165, 1.54) is 12.1 Å². The summed E-state index contributed by atoms with van der Waals surface area (Å²) in [6, 6.07) is 12.1. The fourth-order valence-electron chi connectivity index (χ4n) is 2.29. The molecule has 0 fully saturated rings. The second-order valence-electron chi connectivity index (χ2n) is 5.38. The second-order valence-corrected chi connectivity index (χ2v) is 5.38. The zero-order valence-corrected chi connectivity index (χ0v) is 12.0. The van der Waals surface area contributed by atoms with Crippen LogP contribution in [0.5, 0.6) is 0 Å². The van der Waals surface area contributed by atoms with Gasteiger partial charge in [-0.15, -0.1) is 0 Å². The van der Waals surface area contributed by atoms with Crippen molar-refractivity contribution in [1.29, 1.82) is 0 Å². The van der Waals surface area contributed by atoms with Crippen LogP contribution in [0.3, 0.4) is 0 Å². The predicted octanol–water partition coefficient (Wildman–Crippen LogP) is 4.88. The quantitative estimate of drug-likeness (QED) is 0.857. The summed E-state index contributed by atoms with van der Waals surface area (Å²) >= 11 is 0. The largest absolute Gasteiger partial charge is 0.416 e. The summed E-state index contributed by atoms with van der Waals surface area (Å²) in [6.07, 6.45) is -4.40. The van der Waals surface area contributed by atoms with Crippen LogP contribution in [-0.2, 0) is 6.18 Å². The van der Waals surface area contributed by atoms with Crippen molar-refractivity contribution in [3.63, 3.8) is 0 Å². The Morgan fingerprint density at radius 3 is 1.90 bits per heavy atom. The van der Waals surface area contributed by atoms with Gasteiger partial charge < -0.3 is 5.73 Å². The van der Waals surface area contributed by atoms with Crippen molar-refractivity contribution in [3.8, 4) is 0 Å². The lowest BCUT2D eigenvalue weighted by Crippen LogP contribution is -2.18. The molecule has 1 nitrogen and oxygen atoms in total. The molecule has 21 heavy (non-hydrogen) atoms. The Hall–Kier alpha value is -1.81. The molecule has 2 rings (SSSR count). The molecule has 112 valence electrons. The van der Waals surface area contributed by atoms with Gasteiger partial charge in [-0.3, -0.25) is 0 Å². The first-order valence-electron chi connectivity index (χ1n) is 6.82. The molecule has 0 saturated carbocycles. The van der Waals surface area contributed by atoms with Crippen molar-refractivity contribution in [1.82, 2.24) is 0 Å². The summed E-state index contributed by atoms with van der Waals surface area (Å²) in [5, 5.41) is 0. The van der Waals surface area contributed by atoms with Crippen LogP contribution in [0, 0.1) is 0 Å². The smallest absolute Gasteiger partial charge is 0.320 e. The molecule has 2 aromatic rings. The number of benzene rings is 2. The summed E-state index contributed by atoms with van der Waals surface area (Å²) in [5.41, 5.74) is 7.28. The summed E-state index contributed by atoms with van der Waals surface area (Å²) in [4.78, 5) is 0. The van der Waals surface area contributed by atoms with Crippen molar-refractivity contribution in [2.24, 2.45) is 5.73 Å². The summed E-state index contributed by atoms with van der Waals surface area (Å²) in [5.74, 6) is 0.373. The zero-order valence-electron chi connectivity index (χ0n) is 12.0. The Morgan fingerprint density at radius 1 is 0.857 bits per heavy atom. The third-order valence-electron chi connectivity index (χ3n) is 3.56. The molecular formula is C17H18F3N. The molecule has 4 heteroatoms. The summed E-state index contributed by atoms with van der Waals surface area (Å²) in [7, 11) is 0. The van der Waals surface area contributed by atoms with Crippen LogP contribution in [0.4, 0.5) is 13.2 Å². The topological polar surface area (TPSA) is 26.0 Å². The van der Waals surface area contributed by atoms with Gasteiger partial charge in [0.25, 0.3) is 0 Å². The number of rotatable bonds is 3. The van der Waals surface area contributed by atoms with Gasteiger partial charge in [-0.05, 0) is 28.7 Å². The molecule has 0 amide bonds. The van der Waals surface area contributed by atoms with Gasteiger partial charge >= 0.3 is 6.18 Å². The normalized spacial score (nSPS) is 13.5. The molecule has 2 aromatic carbocycles. The number of hydrogen-bond acceptors (Lipinski definition) is 1. The molecule has 0 spiro atoms. The van der Waals surface area contributed by atoms with Crippen LogP contribution >= 0.6 is 0 Å². The van der Waals surface area contributed by atoms with Crippen molar-refractivity contribution < 1.29 is 13.2 Å². The van der Waals surface area contributed by atoms with Crippen molar-refractivity contribution >= 4 is 0 Å². The van der Waals surface area contributed by atoms with E-state index in [1.807, 2.05) is 12.1 Å². The Kier molecular flexibility index (Phi) is 4.37. The lowest BCUT2D eigenvalue weighted by atomic mass is 9.93. The number of hydrogen-bond donors (Lipinski definition) is 1. The number of halogens is 3. The fraction of sp³-hybridized carbons (Fsp3) is 0.294. The SMILES string of the molecule is CC(C)c1ccc(C(N)c2ccccc2C(F)(F)F)cc1. The number of nitrogens with two attached hydrogens (primary N) is 1. The van der Waals surface area contributed by atoms with E-state index < -0.39 is 17.8 Å². The monoisotopic (exact) mass is 293 g/mol. The minimum absolute atomic E-state index is 0.0993. The molecule has 0 heterocycles. The van der Waals surface area contributed by atoms with Gasteiger partial charge in [-0.2, -0.15) is 13.2 Å². The molecule has 1 unspecified atom stereocenters. The molecule has 0 saturated heterocycles. The maximum absolute atomic E-state index is 13.0. The fourth-order valence-corrected chi connectivity index (χ4v) is 2.29. The van der Waals surface area contributed by atoms with Gasteiger partial charge in [0.05, 0.1) is 11.6 Å². The van der Waals surface area contributed by atoms with E-state index in [9.17, 15) is 13.2 Å². The van der Waals surface area contributed by atoms with E-state index in [0.29, 0.717) is 11.5 Å². The third-order valence-corrected chi connectivity index (χ3v) is 3.56. The first-order valence-corrected chi connectivity index (χ1v) is 6.82. The average Bonchev–Trinajstić information content (AvgIpc) is 2.45. The Balaban J connectivity index is 2.38. The molecule has 0 aliphatic rings. The molecule has 0 radical (unpaired) electrons. The van der Waals surface area contributed by atoms with Crippen LogP contribution in [0.25, 0.3) is 0 Å². The molecule has 0 bridgehead atoms. The molecule has 2 N–H and O–H groups in total. The molecular weight excluding hydrogens is 275 g/mol. The lowest BCUT2D eigenvalue weighted by Gasteiger charge is -2.19. The maximum Gasteiger partial charge on any atom is 0.416 e. The third kappa shape index (κ3) is 3.45. The first-order chi connectivity index (χ1) is 9.80. The highest BCUT2D eigenvalue weighted by Crippen LogP contribution is 2.35. The highest BCUT2D eigenvalue weighted by Gasteiger charge is 2.34. The van der Waals surface area contributed by atoms with E-state index in [-0.39, 0.29) is 5.56 Å². The van der Waals surface area contributed by atoms with E-state index in [1.54, 1.807) is 18.2 Å². The van der Waals surface area contributed by atoms with Gasteiger partial charge in [-0.1, -0.05) is 56.3 Å². The standard InChI is InChI=1S/C17H18F3N/c1-11(2)12-7-9-13(10-8-12)16(21)14-5-3-4-6-15(14)17(18,19)20/h3-11,16H,21H2,1-2H3. The second kappa shape index (κ2) is 5.90. The predicted molar refractivity (Wildman–Crippen MR) is 78.0 cm³/mol. The molecule has 0 aromatic heterocycles. The van der Waals surface area contributed by atoms with Crippen LogP contribution in [0.2, 0.25) is 0 Å². The lowest BCUT2D eigenvalue weighted by molar-refractivity contribution is -0.138. The van der Waals surface area contributed by atoms with E-state index in [2.05, 4.69) is 13.8 Å². The Bertz CT molecular complexity index is 600. The van der Waals surface area contributed by atoms with Gasteiger partial charge in [0.15, 0.2) is 0 Å². The van der Waals surface area contributed by atoms with Gasteiger partial charge in [-0.25, -0.2) is 0 Å². The Morgan fingerprint density at radius 2 is 1.38 bits per heavy atom. The summed E-state index contributed by atoms with van der Waals surface area (Å²) in [6.45, 7) is 4.13. The van der Waals surface area contributed by atoms with Crippen LogP contribution < -0.4 is 5.73 Å². The van der Waals surface area contributed by atoms with Crippen LogP contribution in [0.1, 0.15) is 48.1 Å². The highest BCUT2D eigenvalue weighted by atomic mass is 19.4. The van der Waals surface area contributed by atoms with Gasteiger partial charge in [0.1, 0.15) is 0 Å². The summed E-state index contributed by atoms with van der Waals surface area (Å²) < 4.78 is 39.1. The zero-order chi connectivity index (χ0) is 15.6. The van der Waals surface area contributed by atoms with Crippen LogP contribution in [0.15, 0.2) is 48.5 Å². The van der Waals surface area contributed by atoms with Crippen molar-refractivity contribution in [3.05, 3.63) is 70.8 Å². The Labute approximate surface area is 122 Å². The minimum Gasteiger partial charge on any atom is -0.320 e. The van der Waals surface area contributed by atoms with E-state index >= 15 is 0 Å².